The van der Waals surface area contributed by atoms with E-state index in [-0.39, 0.29) is 0 Å². The van der Waals surface area contributed by atoms with Crippen molar-refractivity contribution in [3.63, 3.8) is 0 Å². The second-order valence-electron chi connectivity index (χ2n) is 6.19. The lowest BCUT2D eigenvalue weighted by Gasteiger charge is -2.28. The Morgan fingerprint density at radius 1 is 1.30 bits per heavy atom. The van der Waals surface area contributed by atoms with E-state index in [1.165, 1.54) is 11.8 Å². The highest BCUT2D eigenvalue weighted by molar-refractivity contribution is 7.92. The van der Waals surface area contributed by atoms with E-state index < -0.39 is 38.6 Å². The zero-order chi connectivity index (χ0) is 15.7. The average Bonchev–Trinajstić information content (AvgIpc) is 2.72. The standard InChI is InChI=1S/C13H23NO5S/c1-9(20(5,17)18)11(15)14-8-6-7-10(14)12(16)19-13(2,3)4/h9-10H,6-8H2,1-5H3/t9?,10-/m1/s1. The van der Waals surface area contributed by atoms with Gasteiger partial charge in [0.15, 0.2) is 9.84 Å². The van der Waals surface area contributed by atoms with E-state index >= 15 is 0 Å². The highest BCUT2D eigenvalue weighted by Gasteiger charge is 2.40. The van der Waals surface area contributed by atoms with Crippen LogP contribution in [0.4, 0.5) is 0 Å². The van der Waals surface area contributed by atoms with Gasteiger partial charge in [0.2, 0.25) is 5.91 Å². The van der Waals surface area contributed by atoms with Crippen molar-refractivity contribution in [1.82, 2.24) is 4.90 Å². The molecule has 1 aliphatic rings. The maximum Gasteiger partial charge on any atom is 0.329 e. The van der Waals surface area contributed by atoms with Crippen LogP contribution in [-0.2, 0) is 24.2 Å². The third-order valence-electron chi connectivity index (χ3n) is 3.20. The number of nitrogens with zero attached hydrogens (tertiary/aromatic N) is 1. The monoisotopic (exact) mass is 305 g/mol. The van der Waals surface area contributed by atoms with E-state index in [0.29, 0.717) is 19.4 Å². The van der Waals surface area contributed by atoms with Gasteiger partial charge in [0.25, 0.3) is 0 Å². The molecule has 0 aromatic rings. The maximum absolute atomic E-state index is 12.2. The largest absolute Gasteiger partial charge is 0.458 e. The molecule has 0 radical (unpaired) electrons. The van der Waals surface area contributed by atoms with Crippen LogP contribution in [0.3, 0.4) is 0 Å². The lowest BCUT2D eigenvalue weighted by molar-refractivity contribution is -0.163. The summed E-state index contributed by atoms with van der Waals surface area (Å²) in [6.45, 7) is 7.01. The van der Waals surface area contributed by atoms with Crippen LogP contribution >= 0.6 is 0 Å². The van der Waals surface area contributed by atoms with Gasteiger partial charge in [0.05, 0.1) is 0 Å². The molecule has 1 amide bonds. The fourth-order valence-corrected chi connectivity index (χ4v) is 2.56. The molecular weight excluding hydrogens is 282 g/mol. The van der Waals surface area contributed by atoms with Crippen LogP contribution in [0.25, 0.3) is 0 Å². The van der Waals surface area contributed by atoms with Crippen molar-refractivity contribution in [1.29, 1.82) is 0 Å². The molecule has 0 aromatic carbocycles. The minimum absolute atomic E-state index is 0.391. The number of carbonyl (C=O) groups is 2. The average molecular weight is 305 g/mol. The quantitative estimate of drug-likeness (QED) is 0.719. The number of esters is 1. The first-order valence-corrected chi connectivity index (χ1v) is 8.61. The van der Waals surface area contributed by atoms with Gasteiger partial charge in [-0.1, -0.05) is 0 Å². The summed E-state index contributed by atoms with van der Waals surface area (Å²) in [5.41, 5.74) is -0.628. The van der Waals surface area contributed by atoms with Gasteiger partial charge in [-0.3, -0.25) is 4.79 Å². The summed E-state index contributed by atoms with van der Waals surface area (Å²) < 4.78 is 28.2. The summed E-state index contributed by atoms with van der Waals surface area (Å²) in [5.74, 6) is -0.995. The molecule has 7 heteroatoms. The topological polar surface area (TPSA) is 80.8 Å². The molecule has 1 saturated heterocycles. The summed E-state index contributed by atoms with van der Waals surface area (Å²) in [7, 11) is -3.47. The van der Waals surface area contributed by atoms with Crippen molar-refractivity contribution in [2.24, 2.45) is 0 Å². The normalized spacial score (nSPS) is 21.6. The SMILES string of the molecule is CC(C(=O)N1CCC[C@@H]1C(=O)OC(C)(C)C)S(C)(=O)=O. The van der Waals surface area contributed by atoms with Gasteiger partial charge in [-0.25, -0.2) is 13.2 Å². The molecule has 116 valence electrons. The van der Waals surface area contributed by atoms with E-state index in [1.54, 1.807) is 20.8 Å². The van der Waals surface area contributed by atoms with E-state index in [2.05, 4.69) is 0 Å². The first-order chi connectivity index (χ1) is 8.93. The highest BCUT2D eigenvalue weighted by atomic mass is 32.2. The summed E-state index contributed by atoms with van der Waals surface area (Å²) in [4.78, 5) is 25.6. The van der Waals surface area contributed by atoms with Crippen LogP contribution in [0.15, 0.2) is 0 Å². The third kappa shape index (κ3) is 4.19. The summed E-state index contributed by atoms with van der Waals surface area (Å²) >= 11 is 0. The number of hydrogen-bond donors (Lipinski definition) is 0. The van der Waals surface area contributed by atoms with Crippen molar-refractivity contribution >= 4 is 21.7 Å². The van der Waals surface area contributed by atoms with Crippen LogP contribution in [0.1, 0.15) is 40.5 Å². The van der Waals surface area contributed by atoms with Gasteiger partial charge in [-0.05, 0) is 40.5 Å². The zero-order valence-electron chi connectivity index (χ0n) is 12.7. The minimum Gasteiger partial charge on any atom is -0.458 e. The number of sulfone groups is 1. The lowest BCUT2D eigenvalue weighted by atomic mass is 10.1. The Balaban J connectivity index is 2.85. The Kier molecular flexibility index (Phi) is 4.84. The number of likely N-dealkylation sites (tertiary alicyclic amines) is 1. The van der Waals surface area contributed by atoms with Crippen molar-refractivity contribution in [2.45, 2.75) is 57.4 Å². The van der Waals surface area contributed by atoms with Gasteiger partial charge >= 0.3 is 5.97 Å². The molecular formula is C13H23NO5S. The molecule has 0 N–H and O–H groups in total. The fourth-order valence-electron chi connectivity index (χ4n) is 2.06. The molecule has 2 atom stereocenters. The van der Waals surface area contributed by atoms with Crippen LogP contribution in [0.5, 0.6) is 0 Å². The number of carbonyl (C=O) groups excluding carboxylic acids is 2. The fraction of sp³-hybridized carbons (Fsp3) is 0.846. The van der Waals surface area contributed by atoms with Crippen molar-refractivity contribution < 1.29 is 22.7 Å². The molecule has 0 aliphatic carbocycles. The van der Waals surface area contributed by atoms with E-state index in [1.807, 2.05) is 0 Å². The molecule has 0 aromatic heterocycles. The second-order valence-corrected chi connectivity index (χ2v) is 8.56. The predicted octanol–water partition coefficient (Wildman–Crippen LogP) is 0.752. The van der Waals surface area contributed by atoms with E-state index in [4.69, 9.17) is 4.74 Å². The first kappa shape index (κ1) is 16.9. The van der Waals surface area contributed by atoms with Gasteiger partial charge < -0.3 is 9.64 Å². The van der Waals surface area contributed by atoms with Gasteiger partial charge in [-0.15, -0.1) is 0 Å². The number of hydrogen-bond acceptors (Lipinski definition) is 5. The molecule has 1 heterocycles. The Bertz CT molecular complexity index is 491. The highest BCUT2D eigenvalue weighted by Crippen LogP contribution is 2.23. The molecule has 1 unspecified atom stereocenters. The number of rotatable bonds is 3. The van der Waals surface area contributed by atoms with Crippen molar-refractivity contribution in [2.75, 3.05) is 12.8 Å². The first-order valence-electron chi connectivity index (χ1n) is 6.65. The van der Waals surface area contributed by atoms with Crippen LogP contribution in [0, 0.1) is 0 Å². The maximum atomic E-state index is 12.2. The van der Waals surface area contributed by atoms with Gasteiger partial charge in [-0.2, -0.15) is 0 Å². The predicted molar refractivity (Wildman–Crippen MR) is 74.9 cm³/mol. The van der Waals surface area contributed by atoms with Crippen LogP contribution < -0.4 is 0 Å². The smallest absolute Gasteiger partial charge is 0.329 e. The minimum atomic E-state index is -3.47. The Hall–Kier alpha value is -1.11. The van der Waals surface area contributed by atoms with E-state index in [9.17, 15) is 18.0 Å². The lowest BCUT2D eigenvalue weighted by Crippen LogP contribution is -2.48. The van der Waals surface area contributed by atoms with Gasteiger partial charge in [0.1, 0.15) is 16.9 Å². The third-order valence-corrected chi connectivity index (χ3v) is 4.69. The number of amides is 1. The Morgan fingerprint density at radius 2 is 1.85 bits per heavy atom. The van der Waals surface area contributed by atoms with Gasteiger partial charge in [0, 0.05) is 12.8 Å². The zero-order valence-corrected chi connectivity index (χ0v) is 13.5. The number of ether oxygens (including phenoxy) is 1. The van der Waals surface area contributed by atoms with Crippen LogP contribution in [-0.4, -0.2) is 54.9 Å². The summed E-state index contributed by atoms with van der Waals surface area (Å²) in [6.07, 6.45) is 2.21. The molecule has 20 heavy (non-hydrogen) atoms. The molecule has 1 rings (SSSR count). The van der Waals surface area contributed by atoms with Crippen molar-refractivity contribution in [3.05, 3.63) is 0 Å². The van der Waals surface area contributed by atoms with Crippen molar-refractivity contribution in [3.8, 4) is 0 Å². The molecule has 0 spiro atoms. The summed E-state index contributed by atoms with van der Waals surface area (Å²) in [5, 5.41) is -1.13. The van der Waals surface area contributed by atoms with Crippen LogP contribution in [0.2, 0.25) is 0 Å². The molecule has 1 aliphatic heterocycles. The summed E-state index contributed by atoms with van der Waals surface area (Å²) in [6, 6.07) is -0.675. The molecule has 6 nitrogen and oxygen atoms in total. The van der Waals surface area contributed by atoms with E-state index in [0.717, 1.165) is 6.26 Å². The second kappa shape index (κ2) is 5.71. The Morgan fingerprint density at radius 3 is 2.30 bits per heavy atom. The molecule has 0 saturated carbocycles. The molecule has 1 fully saturated rings. The Labute approximate surface area is 120 Å². The molecule has 0 bridgehead atoms.